The van der Waals surface area contributed by atoms with E-state index >= 15 is 0 Å². The summed E-state index contributed by atoms with van der Waals surface area (Å²) in [7, 11) is 0. The number of hydrogen-bond acceptors (Lipinski definition) is 5. The summed E-state index contributed by atoms with van der Waals surface area (Å²) in [6, 6.07) is 10.6. The number of likely N-dealkylation sites (tertiary alicyclic amines) is 1. The number of halogens is 4. The summed E-state index contributed by atoms with van der Waals surface area (Å²) in [4.78, 5) is 26.7. The first-order chi connectivity index (χ1) is 17.6. The van der Waals surface area contributed by atoms with E-state index < -0.39 is 22.4 Å². The first-order valence-electron chi connectivity index (χ1n) is 12.5. The Bertz CT molecular complexity index is 1110. The molecule has 0 aromatic heterocycles. The molecule has 0 aliphatic carbocycles. The van der Waals surface area contributed by atoms with Crippen LogP contribution in [0.2, 0.25) is 5.02 Å². The van der Waals surface area contributed by atoms with Crippen LogP contribution in [0.3, 0.4) is 0 Å². The molecule has 2 aromatic rings. The highest BCUT2D eigenvalue weighted by molar-refractivity contribution is 6.30. The van der Waals surface area contributed by atoms with Crippen molar-refractivity contribution >= 4 is 34.6 Å². The zero-order valence-electron chi connectivity index (χ0n) is 20.3. The number of piperidine rings is 1. The number of anilines is 2. The lowest BCUT2D eigenvalue weighted by molar-refractivity contribution is -0.388. The molecule has 11 heteroatoms. The molecule has 0 saturated carbocycles. The van der Waals surface area contributed by atoms with E-state index in [4.69, 9.17) is 11.6 Å². The zero-order chi connectivity index (χ0) is 26.6. The Labute approximate surface area is 226 Å². The Morgan fingerprint density at radius 1 is 1.08 bits per heavy atom. The molecule has 1 atom stereocenters. The van der Waals surface area contributed by atoms with Crippen molar-refractivity contribution in [3.8, 4) is 0 Å². The van der Waals surface area contributed by atoms with E-state index in [1.54, 1.807) is 4.90 Å². The van der Waals surface area contributed by atoms with Crippen molar-refractivity contribution in [2.75, 3.05) is 36.4 Å². The van der Waals surface area contributed by atoms with Crippen LogP contribution in [0.4, 0.5) is 30.2 Å². The lowest BCUT2D eigenvalue weighted by Gasteiger charge is -2.33. The fourth-order valence-electron chi connectivity index (χ4n) is 5.18. The summed E-state index contributed by atoms with van der Waals surface area (Å²) in [5.41, 5.74) is -0.926. The lowest BCUT2D eigenvalue weighted by atomic mass is 9.91. The van der Waals surface area contributed by atoms with E-state index in [0.29, 0.717) is 31.8 Å². The molecule has 0 unspecified atom stereocenters. The number of hydrogen-bond donors (Lipinski definition) is 1. The number of nitrogens with zero attached hydrogens (tertiary/aromatic N) is 3. The van der Waals surface area contributed by atoms with Gasteiger partial charge in [-0.2, -0.15) is 13.2 Å². The Hall–Kier alpha value is -3.01. The highest BCUT2D eigenvalue weighted by atomic mass is 35.5. The third-order valence-electron chi connectivity index (χ3n) is 7.22. The van der Waals surface area contributed by atoms with Crippen molar-refractivity contribution in [2.24, 2.45) is 5.92 Å². The van der Waals surface area contributed by atoms with E-state index in [-0.39, 0.29) is 25.1 Å². The highest BCUT2D eigenvalue weighted by Gasteiger charge is 2.38. The fourth-order valence-corrected chi connectivity index (χ4v) is 5.31. The monoisotopic (exact) mass is 554 g/mol. The predicted molar refractivity (Wildman–Crippen MR) is 144 cm³/mol. The number of nitro groups is 1. The van der Waals surface area contributed by atoms with Gasteiger partial charge in [-0.15, -0.1) is 0 Å². The van der Waals surface area contributed by atoms with Crippen LogP contribution in [-0.4, -0.2) is 48.0 Å². The molecule has 1 amide bonds. The van der Waals surface area contributed by atoms with Crippen LogP contribution in [0.5, 0.6) is 0 Å². The SMILES string of the molecule is C.O=C(CCCC1CCN(c2ccc(Cl)cc2)CC1)N1CC[C@@H](Nc2ccc([N+](=O)[O-])c(C(F)(F)F)c2)C1. The van der Waals surface area contributed by atoms with Gasteiger partial charge in [0.15, 0.2) is 0 Å². The number of benzene rings is 2. The summed E-state index contributed by atoms with van der Waals surface area (Å²) in [6.45, 7) is 2.91. The van der Waals surface area contributed by atoms with Crippen LogP contribution in [0, 0.1) is 16.0 Å². The minimum atomic E-state index is -4.83. The normalized spacial score (nSPS) is 18.3. The van der Waals surface area contributed by atoms with Crippen molar-refractivity contribution in [2.45, 2.75) is 58.2 Å². The Kier molecular flexibility index (Phi) is 9.87. The van der Waals surface area contributed by atoms with Gasteiger partial charge in [-0.3, -0.25) is 14.9 Å². The zero-order valence-corrected chi connectivity index (χ0v) is 21.1. The molecule has 4 rings (SSSR count). The smallest absolute Gasteiger partial charge is 0.380 e. The van der Waals surface area contributed by atoms with Crippen molar-refractivity contribution in [1.82, 2.24) is 4.90 Å². The second-order valence-corrected chi connectivity index (χ2v) is 10.2. The molecule has 1 N–H and O–H groups in total. The fraction of sp³-hybridized carbons (Fsp3) is 0.519. The van der Waals surface area contributed by atoms with Gasteiger partial charge in [0.2, 0.25) is 5.91 Å². The highest BCUT2D eigenvalue weighted by Crippen LogP contribution is 2.38. The maximum atomic E-state index is 13.2. The third kappa shape index (κ3) is 7.52. The molecule has 2 heterocycles. The molecule has 2 fully saturated rings. The summed E-state index contributed by atoms with van der Waals surface area (Å²) < 4.78 is 39.7. The van der Waals surface area contributed by atoms with Crippen molar-refractivity contribution in [3.63, 3.8) is 0 Å². The summed E-state index contributed by atoms with van der Waals surface area (Å²) >= 11 is 5.97. The molecule has 38 heavy (non-hydrogen) atoms. The number of rotatable bonds is 8. The maximum absolute atomic E-state index is 13.2. The first-order valence-corrected chi connectivity index (χ1v) is 12.9. The number of amides is 1. The largest absolute Gasteiger partial charge is 0.423 e. The van der Waals surface area contributed by atoms with Crippen LogP contribution >= 0.6 is 11.6 Å². The second-order valence-electron chi connectivity index (χ2n) is 9.76. The Morgan fingerprint density at radius 3 is 2.39 bits per heavy atom. The van der Waals surface area contributed by atoms with Crippen molar-refractivity contribution in [3.05, 3.63) is 63.2 Å². The molecule has 2 aliphatic rings. The first kappa shape index (κ1) is 29.5. The van der Waals surface area contributed by atoms with Crippen LogP contribution < -0.4 is 10.2 Å². The van der Waals surface area contributed by atoms with Gasteiger partial charge in [0.25, 0.3) is 5.69 Å². The number of nitrogens with one attached hydrogen (secondary N) is 1. The lowest BCUT2D eigenvalue weighted by Crippen LogP contribution is -2.34. The Morgan fingerprint density at radius 2 is 1.76 bits per heavy atom. The van der Waals surface area contributed by atoms with E-state index in [1.165, 1.54) is 11.8 Å². The number of carbonyl (C=O) groups excluding carboxylic acids is 1. The summed E-state index contributed by atoms with van der Waals surface area (Å²) in [5, 5.41) is 14.7. The van der Waals surface area contributed by atoms with E-state index in [1.807, 2.05) is 24.3 Å². The van der Waals surface area contributed by atoms with E-state index in [9.17, 15) is 28.1 Å². The average Bonchev–Trinajstić information content (AvgIpc) is 3.33. The molecule has 7 nitrogen and oxygen atoms in total. The van der Waals surface area contributed by atoms with Gasteiger partial charge >= 0.3 is 6.18 Å². The molecule has 2 aliphatic heterocycles. The minimum Gasteiger partial charge on any atom is -0.380 e. The van der Waals surface area contributed by atoms with Gasteiger partial charge in [-0.05, 0) is 74.4 Å². The summed E-state index contributed by atoms with van der Waals surface area (Å²) in [5.74, 6) is 0.650. The van der Waals surface area contributed by atoms with Gasteiger partial charge in [-0.1, -0.05) is 19.0 Å². The second kappa shape index (κ2) is 12.7. The number of alkyl halides is 3. The van der Waals surface area contributed by atoms with Gasteiger partial charge in [0.05, 0.1) is 4.92 Å². The van der Waals surface area contributed by atoms with Gasteiger partial charge < -0.3 is 15.1 Å². The molecule has 208 valence electrons. The van der Waals surface area contributed by atoms with Crippen molar-refractivity contribution in [1.29, 1.82) is 0 Å². The number of carbonyl (C=O) groups is 1. The predicted octanol–water partition coefficient (Wildman–Crippen LogP) is 7.00. The van der Waals surface area contributed by atoms with Crippen LogP contribution in [0.1, 0.15) is 51.5 Å². The van der Waals surface area contributed by atoms with E-state index in [0.717, 1.165) is 55.9 Å². The molecule has 0 radical (unpaired) electrons. The standard InChI is InChI=1S/C26H30ClF3N4O3.CH4/c27-19-4-7-22(8-5-19)32-13-10-18(11-14-32)2-1-3-25(35)33-15-12-21(17-33)31-20-6-9-24(34(36)37)23(16-20)26(28,29)30;/h4-9,16,18,21,31H,1-3,10-15,17H2;1H4/t21-;/m1./s1. The molecule has 2 saturated heterocycles. The van der Waals surface area contributed by atoms with Gasteiger partial charge in [0.1, 0.15) is 5.56 Å². The average molecular weight is 555 g/mol. The van der Waals surface area contributed by atoms with Crippen LogP contribution in [0.25, 0.3) is 0 Å². The summed E-state index contributed by atoms with van der Waals surface area (Å²) in [6.07, 6.45) is 0.218. The van der Waals surface area contributed by atoms with Crippen LogP contribution in [0.15, 0.2) is 42.5 Å². The molecule has 2 aromatic carbocycles. The molecule has 0 bridgehead atoms. The Balaban J connectivity index is 0.00000400. The minimum absolute atomic E-state index is 0. The van der Waals surface area contributed by atoms with E-state index in [2.05, 4.69) is 10.2 Å². The van der Waals surface area contributed by atoms with Gasteiger partial charge in [-0.25, -0.2) is 0 Å². The quantitative estimate of drug-likeness (QED) is 0.281. The molecular weight excluding hydrogens is 521 g/mol. The maximum Gasteiger partial charge on any atom is 0.423 e. The third-order valence-corrected chi connectivity index (χ3v) is 7.47. The topological polar surface area (TPSA) is 78.7 Å². The van der Waals surface area contributed by atoms with Crippen molar-refractivity contribution < 1.29 is 22.9 Å². The molecular formula is C27H34ClF3N4O3. The van der Waals surface area contributed by atoms with Crippen LogP contribution in [-0.2, 0) is 11.0 Å². The number of nitro benzene ring substituents is 1. The van der Waals surface area contributed by atoms with Gasteiger partial charge in [0, 0.05) is 61.1 Å². The molecule has 0 spiro atoms.